The molecule has 0 aliphatic carbocycles. The number of β-amino-alcohol motifs (C(OH)–C–C–N with tert-alkyl or cyclic N) is 1. The van der Waals surface area contributed by atoms with Crippen molar-refractivity contribution in [3.63, 3.8) is 0 Å². The smallest absolute Gasteiger partial charge is 0.135 e. The maximum Gasteiger partial charge on any atom is 0.135 e. The van der Waals surface area contributed by atoms with Crippen LogP contribution in [0.5, 0.6) is 0 Å². The molecule has 0 bridgehead atoms. The summed E-state index contributed by atoms with van der Waals surface area (Å²) in [5.74, 6) is 1.53. The average Bonchev–Trinajstić information content (AvgIpc) is 2.59. The first-order chi connectivity index (χ1) is 11.1. The Labute approximate surface area is 138 Å². The Morgan fingerprint density at radius 3 is 2.57 bits per heavy atom. The summed E-state index contributed by atoms with van der Waals surface area (Å²) >= 11 is 0. The number of nitrogens with zero attached hydrogens (tertiary/aromatic N) is 4. The van der Waals surface area contributed by atoms with Crippen LogP contribution in [0.1, 0.15) is 24.1 Å². The Kier molecular flexibility index (Phi) is 5.46. The molecule has 0 aromatic carbocycles. The molecular weight excluding hydrogens is 290 g/mol. The molecule has 3 heterocycles. The van der Waals surface area contributed by atoms with Crippen LogP contribution in [0.25, 0.3) is 0 Å². The van der Waals surface area contributed by atoms with Gasteiger partial charge in [0.1, 0.15) is 12.1 Å². The number of hydrogen-bond donors (Lipinski definition) is 2. The normalized spacial score (nSPS) is 22.3. The Morgan fingerprint density at radius 1 is 1.17 bits per heavy atom. The molecule has 0 saturated carbocycles. The molecule has 0 amide bonds. The van der Waals surface area contributed by atoms with Gasteiger partial charge in [-0.1, -0.05) is 0 Å². The number of aryl methyl sites for hydroxylation is 1. The monoisotopic (exact) mass is 319 g/mol. The minimum absolute atomic E-state index is 0.188. The van der Waals surface area contributed by atoms with Gasteiger partial charge in [-0.3, -0.25) is 4.90 Å². The van der Waals surface area contributed by atoms with Crippen LogP contribution in [0.15, 0.2) is 6.33 Å². The molecule has 0 radical (unpaired) electrons. The van der Waals surface area contributed by atoms with Crippen LogP contribution < -0.4 is 10.2 Å². The standard InChI is InChI=1S/C17H29N5O/c1-13-14(2)19-12-20-17(13)22-9-7-21(8-10-22)11-16(23)15-3-5-18-6-4-15/h12,15-16,18,23H,3-11H2,1-2H3. The van der Waals surface area contributed by atoms with Crippen molar-refractivity contribution in [2.75, 3.05) is 50.7 Å². The summed E-state index contributed by atoms with van der Waals surface area (Å²) in [5, 5.41) is 13.8. The van der Waals surface area contributed by atoms with Gasteiger partial charge in [0.2, 0.25) is 0 Å². The second kappa shape index (κ2) is 7.55. The Hall–Kier alpha value is -1.24. The highest BCUT2D eigenvalue weighted by Gasteiger charge is 2.26. The van der Waals surface area contributed by atoms with Crippen LogP contribution in [0.2, 0.25) is 0 Å². The van der Waals surface area contributed by atoms with E-state index in [0.29, 0.717) is 5.92 Å². The first-order valence-electron chi connectivity index (χ1n) is 8.79. The number of piperidine rings is 1. The van der Waals surface area contributed by atoms with E-state index in [9.17, 15) is 5.11 Å². The lowest BCUT2D eigenvalue weighted by Crippen LogP contribution is -2.50. The van der Waals surface area contributed by atoms with E-state index in [4.69, 9.17) is 0 Å². The molecule has 1 atom stereocenters. The summed E-state index contributed by atoms with van der Waals surface area (Å²) in [4.78, 5) is 13.5. The number of nitrogens with one attached hydrogen (secondary N) is 1. The molecule has 1 aromatic heterocycles. The maximum absolute atomic E-state index is 10.5. The van der Waals surface area contributed by atoms with E-state index >= 15 is 0 Å². The molecule has 1 unspecified atom stereocenters. The minimum atomic E-state index is -0.188. The Morgan fingerprint density at radius 2 is 1.87 bits per heavy atom. The molecule has 2 aliphatic rings. The summed E-state index contributed by atoms with van der Waals surface area (Å²) in [6.07, 6.45) is 3.66. The first kappa shape index (κ1) is 16.6. The summed E-state index contributed by atoms with van der Waals surface area (Å²) in [7, 11) is 0. The Bertz CT molecular complexity index is 510. The van der Waals surface area contributed by atoms with Gasteiger partial charge in [0.15, 0.2) is 0 Å². The number of piperazine rings is 1. The molecule has 128 valence electrons. The van der Waals surface area contributed by atoms with Gasteiger partial charge in [-0.2, -0.15) is 0 Å². The van der Waals surface area contributed by atoms with Gasteiger partial charge in [-0.15, -0.1) is 0 Å². The summed E-state index contributed by atoms with van der Waals surface area (Å²) in [6.45, 7) is 10.9. The van der Waals surface area contributed by atoms with Crippen LogP contribution in [0.3, 0.4) is 0 Å². The van der Waals surface area contributed by atoms with E-state index in [0.717, 1.165) is 70.2 Å². The van der Waals surface area contributed by atoms with Crippen molar-refractivity contribution in [2.45, 2.75) is 32.8 Å². The fourth-order valence-corrected chi connectivity index (χ4v) is 3.63. The van der Waals surface area contributed by atoms with Crippen LogP contribution in [-0.2, 0) is 0 Å². The van der Waals surface area contributed by atoms with Crippen molar-refractivity contribution in [1.29, 1.82) is 0 Å². The van der Waals surface area contributed by atoms with Gasteiger partial charge in [0.25, 0.3) is 0 Å². The van der Waals surface area contributed by atoms with Crippen LogP contribution >= 0.6 is 0 Å². The lowest BCUT2D eigenvalue weighted by Gasteiger charge is -2.38. The lowest BCUT2D eigenvalue weighted by molar-refractivity contribution is 0.0487. The van der Waals surface area contributed by atoms with Gasteiger partial charge < -0.3 is 15.3 Å². The fraction of sp³-hybridized carbons (Fsp3) is 0.765. The van der Waals surface area contributed by atoms with Crippen molar-refractivity contribution in [2.24, 2.45) is 5.92 Å². The van der Waals surface area contributed by atoms with Crippen molar-refractivity contribution >= 4 is 5.82 Å². The van der Waals surface area contributed by atoms with Crippen molar-refractivity contribution in [3.8, 4) is 0 Å². The topological polar surface area (TPSA) is 64.5 Å². The predicted octanol–water partition coefficient (Wildman–Crippen LogP) is 0.576. The summed E-state index contributed by atoms with van der Waals surface area (Å²) in [5.41, 5.74) is 2.23. The molecule has 2 N–H and O–H groups in total. The molecule has 3 rings (SSSR count). The van der Waals surface area contributed by atoms with E-state index in [1.807, 2.05) is 6.92 Å². The van der Waals surface area contributed by atoms with E-state index in [1.165, 1.54) is 5.56 Å². The maximum atomic E-state index is 10.5. The van der Waals surface area contributed by atoms with E-state index < -0.39 is 0 Å². The average molecular weight is 319 g/mol. The zero-order chi connectivity index (χ0) is 16.2. The second-order valence-electron chi connectivity index (χ2n) is 6.85. The molecule has 0 spiro atoms. The van der Waals surface area contributed by atoms with Gasteiger partial charge in [-0.25, -0.2) is 9.97 Å². The third-order valence-corrected chi connectivity index (χ3v) is 5.35. The zero-order valence-corrected chi connectivity index (χ0v) is 14.3. The molecule has 2 saturated heterocycles. The van der Waals surface area contributed by atoms with Crippen molar-refractivity contribution in [1.82, 2.24) is 20.2 Å². The molecule has 6 nitrogen and oxygen atoms in total. The highest BCUT2D eigenvalue weighted by molar-refractivity contribution is 5.47. The third-order valence-electron chi connectivity index (χ3n) is 5.35. The van der Waals surface area contributed by atoms with Gasteiger partial charge in [0.05, 0.1) is 6.10 Å². The predicted molar refractivity (Wildman–Crippen MR) is 91.8 cm³/mol. The molecule has 23 heavy (non-hydrogen) atoms. The molecule has 6 heteroatoms. The van der Waals surface area contributed by atoms with E-state index in [2.05, 4.69) is 32.0 Å². The zero-order valence-electron chi connectivity index (χ0n) is 14.3. The lowest BCUT2D eigenvalue weighted by atomic mass is 9.92. The van der Waals surface area contributed by atoms with Crippen molar-refractivity contribution in [3.05, 3.63) is 17.6 Å². The fourth-order valence-electron chi connectivity index (χ4n) is 3.63. The number of anilines is 1. The Balaban J connectivity index is 1.51. The number of aliphatic hydroxyl groups is 1. The first-order valence-corrected chi connectivity index (χ1v) is 8.79. The number of rotatable bonds is 4. The highest BCUT2D eigenvalue weighted by atomic mass is 16.3. The van der Waals surface area contributed by atoms with Gasteiger partial charge in [0, 0.05) is 44.0 Å². The highest BCUT2D eigenvalue weighted by Crippen LogP contribution is 2.21. The van der Waals surface area contributed by atoms with Crippen LogP contribution in [0.4, 0.5) is 5.82 Å². The number of hydrogen-bond acceptors (Lipinski definition) is 6. The largest absolute Gasteiger partial charge is 0.392 e. The van der Waals surface area contributed by atoms with E-state index in [-0.39, 0.29) is 6.10 Å². The molecule has 2 aliphatic heterocycles. The SMILES string of the molecule is Cc1ncnc(N2CCN(CC(O)C3CCNCC3)CC2)c1C. The summed E-state index contributed by atoms with van der Waals surface area (Å²) in [6, 6.07) is 0. The third kappa shape index (κ3) is 4.00. The van der Waals surface area contributed by atoms with Crippen LogP contribution in [0, 0.1) is 19.8 Å². The minimum Gasteiger partial charge on any atom is -0.392 e. The molecule has 1 aromatic rings. The van der Waals surface area contributed by atoms with Crippen molar-refractivity contribution < 1.29 is 5.11 Å². The van der Waals surface area contributed by atoms with E-state index in [1.54, 1.807) is 6.33 Å². The number of aliphatic hydroxyl groups excluding tert-OH is 1. The second-order valence-corrected chi connectivity index (χ2v) is 6.85. The molecular formula is C17H29N5O. The number of aromatic nitrogens is 2. The summed E-state index contributed by atoms with van der Waals surface area (Å²) < 4.78 is 0. The molecule has 2 fully saturated rings. The van der Waals surface area contributed by atoms with Gasteiger partial charge >= 0.3 is 0 Å². The quantitative estimate of drug-likeness (QED) is 0.846. The van der Waals surface area contributed by atoms with Crippen LogP contribution in [-0.4, -0.2) is 71.9 Å². The van der Waals surface area contributed by atoms with Gasteiger partial charge in [-0.05, 0) is 45.7 Å².